The Morgan fingerprint density at radius 2 is 1.80 bits per heavy atom. The summed E-state index contributed by atoms with van der Waals surface area (Å²) >= 11 is 18.4. The van der Waals surface area contributed by atoms with Gasteiger partial charge in [-0.1, -0.05) is 40.9 Å². The predicted octanol–water partition coefficient (Wildman–Crippen LogP) is 5.46. The van der Waals surface area contributed by atoms with Crippen LogP contribution in [-0.2, 0) is 16.8 Å². The normalized spacial score (nSPS) is 17.2. The molecule has 0 unspecified atom stereocenters. The molecule has 30 heavy (non-hydrogen) atoms. The van der Waals surface area contributed by atoms with E-state index in [0.717, 1.165) is 31.7 Å². The molecule has 4 rings (SSSR count). The summed E-state index contributed by atoms with van der Waals surface area (Å²) in [5.74, 6) is 0.709. The van der Waals surface area contributed by atoms with Crippen LogP contribution in [0.15, 0.2) is 30.3 Å². The molecule has 0 radical (unpaired) electrons. The molecule has 0 aliphatic carbocycles. The number of fused-ring (bicyclic) bond motifs is 2. The first kappa shape index (κ1) is 23.3. The van der Waals surface area contributed by atoms with Crippen molar-refractivity contribution in [2.24, 2.45) is 0 Å². The Morgan fingerprint density at radius 1 is 1.13 bits per heavy atom. The highest BCUT2D eigenvalue weighted by Crippen LogP contribution is 2.46. The maximum Gasteiger partial charge on any atom is 0.317 e. The van der Waals surface area contributed by atoms with Crippen molar-refractivity contribution in [2.45, 2.75) is 24.9 Å². The van der Waals surface area contributed by atoms with Crippen molar-refractivity contribution in [1.29, 1.82) is 0 Å². The average Bonchev–Trinajstić information content (AvgIpc) is 3.00. The molecule has 1 saturated heterocycles. The molecule has 0 atom stereocenters. The van der Waals surface area contributed by atoms with Crippen LogP contribution in [0.3, 0.4) is 0 Å². The number of benzene rings is 2. The lowest BCUT2D eigenvalue weighted by Gasteiger charge is -2.37. The summed E-state index contributed by atoms with van der Waals surface area (Å²) in [7, 11) is 0. The zero-order valence-corrected chi connectivity index (χ0v) is 19.1. The molecule has 1 spiro atoms. The van der Waals surface area contributed by atoms with Crippen LogP contribution in [0, 0.1) is 0 Å². The molecule has 0 amide bonds. The Morgan fingerprint density at radius 3 is 2.43 bits per heavy atom. The zero-order chi connectivity index (χ0) is 20.6. The third kappa shape index (κ3) is 4.76. The van der Waals surface area contributed by atoms with Crippen LogP contribution >= 0.6 is 47.2 Å². The van der Waals surface area contributed by atoms with Crippen LogP contribution in [-0.4, -0.2) is 42.2 Å². The molecule has 2 aliphatic rings. The fraction of sp³-hybridized carbons (Fsp3) is 0.381. The Labute approximate surface area is 196 Å². The summed E-state index contributed by atoms with van der Waals surface area (Å²) < 4.78 is 11.9. The molecular weight excluding hydrogens is 472 g/mol. The number of piperidine rings is 1. The molecule has 162 valence electrons. The number of carboxylic acids is 1. The molecule has 1 N–H and O–H groups in total. The van der Waals surface area contributed by atoms with Gasteiger partial charge in [0, 0.05) is 27.6 Å². The fourth-order valence-corrected chi connectivity index (χ4v) is 4.98. The highest BCUT2D eigenvalue weighted by atomic mass is 35.5. The number of nitrogens with zero attached hydrogens (tertiary/aromatic N) is 1. The molecule has 9 heteroatoms. The summed E-state index contributed by atoms with van der Waals surface area (Å²) in [4.78, 5) is 12.9. The average molecular weight is 493 g/mol. The van der Waals surface area contributed by atoms with Crippen LogP contribution in [0.5, 0.6) is 11.5 Å². The van der Waals surface area contributed by atoms with E-state index in [9.17, 15) is 4.79 Å². The van der Waals surface area contributed by atoms with Gasteiger partial charge in [-0.05, 0) is 44.1 Å². The Kier molecular flexibility index (Phi) is 7.31. The quantitative estimate of drug-likeness (QED) is 0.600. The number of likely N-dealkylation sites (tertiary alicyclic amines) is 1. The van der Waals surface area contributed by atoms with E-state index in [1.54, 1.807) is 12.1 Å². The molecule has 0 bridgehead atoms. The first-order valence-electron chi connectivity index (χ1n) is 9.34. The van der Waals surface area contributed by atoms with Gasteiger partial charge in [-0.2, -0.15) is 0 Å². The second-order valence-corrected chi connectivity index (χ2v) is 8.78. The van der Waals surface area contributed by atoms with Crippen LogP contribution in [0.1, 0.15) is 24.0 Å². The van der Waals surface area contributed by atoms with E-state index in [-0.39, 0.29) is 31.0 Å². The number of hydrogen-bond donors (Lipinski definition) is 1. The molecule has 0 saturated carbocycles. The van der Waals surface area contributed by atoms with Gasteiger partial charge in [-0.3, -0.25) is 9.69 Å². The maximum atomic E-state index is 10.9. The van der Waals surface area contributed by atoms with Gasteiger partial charge < -0.3 is 14.6 Å². The minimum atomic E-state index is -0.785. The van der Waals surface area contributed by atoms with Gasteiger partial charge in [0.05, 0.1) is 23.2 Å². The van der Waals surface area contributed by atoms with E-state index in [4.69, 9.17) is 49.4 Å². The Hall–Kier alpha value is -1.37. The first-order valence-corrected chi connectivity index (χ1v) is 10.5. The molecular formula is C21H21Cl4NO4. The van der Waals surface area contributed by atoms with Gasteiger partial charge in [0.2, 0.25) is 0 Å². The number of carbonyl (C=O) groups is 1. The van der Waals surface area contributed by atoms with E-state index < -0.39 is 5.97 Å². The number of rotatable bonds is 5. The van der Waals surface area contributed by atoms with Crippen molar-refractivity contribution in [2.75, 3.05) is 26.2 Å². The SMILES string of the molecule is Cl.O=C(O)CN1CCC2(CC1)COc1cc(OCc3c(Cl)cc(Cl)cc3Cl)ccc12. The Balaban J connectivity index is 0.00000256. The molecule has 0 aromatic heterocycles. The highest BCUT2D eigenvalue weighted by molar-refractivity contribution is 6.39. The monoisotopic (exact) mass is 491 g/mol. The lowest BCUT2D eigenvalue weighted by Crippen LogP contribution is -2.45. The number of hydrogen-bond acceptors (Lipinski definition) is 4. The molecule has 1 fully saturated rings. The molecule has 2 aliphatic heterocycles. The van der Waals surface area contributed by atoms with E-state index in [0.29, 0.717) is 33.0 Å². The van der Waals surface area contributed by atoms with Crippen LogP contribution in [0.25, 0.3) is 0 Å². The minimum Gasteiger partial charge on any atom is -0.492 e. The van der Waals surface area contributed by atoms with Gasteiger partial charge in [0.25, 0.3) is 0 Å². The molecule has 2 aromatic rings. The summed E-state index contributed by atoms with van der Waals surface area (Å²) in [5.41, 5.74) is 1.80. The fourth-order valence-electron chi connectivity index (χ4n) is 4.05. The van der Waals surface area contributed by atoms with Crippen molar-refractivity contribution in [3.8, 4) is 11.5 Å². The molecule has 2 heterocycles. The summed E-state index contributed by atoms with van der Waals surface area (Å²) in [6.45, 7) is 2.43. The standard InChI is InChI=1S/C21H20Cl3NO4.ClH/c22-13-7-17(23)15(18(24)8-13)11-28-14-1-2-16-19(9-14)29-12-21(16)3-5-25(6-4-21)10-20(26)27;/h1-2,7-9H,3-6,10-12H2,(H,26,27);1H. The zero-order valence-electron chi connectivity index (χ0n) is 16.0. The third-order valence-electron chi connectivity index (χ3n) is 5.69. The van der Waals surface area contributed by atoms with E-state index in [1.807, 2.05) is 17.0 Å². The van der Waals surface area contributed by atoms with Crippen molar-refractivity contribution in [3.63, 3.8) is 0 Å². The number of carboxylic acid groups (broad SMARTS) is 1. The lowest BCUT2D eigenvalue weighted by atomic mass is 9.74. The third-order valence-corrected chi connectivity index (χ3v) is 6.58. The van der Waals surface area contributed by atoms with Crippen LogP contribution in [0.4, 0.5) is 0 Å². The largest absolute Gasteiger partial charge is 0.492 e. The second kappa shape index (κ2) is 9.41. The lowest BCUT2D eigenvalue weighted by molar-refractivity contribution is -0.138. The van der Waals surface area contributed by atoms with Crippen molar-refractivity contribution in [1.82, 2.24) is 4.90 Å². The van der Waals surface area contributed by atoms with Crippen molar-refractivity contribution in [3.05, 3.63) is 56.5 Å². The summed E-state index contributed by atoms with van der Waals surface area (Å²) in [6.07, 6.45) is 1.76. The summed E-state index contributed by atoms with van der Waals surface area (Å²) in [6, 6.07) is 9.15. The van der Waals surface area contributed by atoms with E-state index in [1.165, 1.54) is 5.56 Å². The Bertz CT molecular complexity index is 922. The number of halogens is 4. The van der Waals surface area contributed by atoms with Gasteiger partial charge in [0.1, 0.15) is 18.1 Å². The van der Waals surface area contributed by atoms with Gasteiger partial charge >= 0.3 is 5.97 Å². The first-order chi connectivity index (χ1) is 13.9. The second-order valence-electron chi connectivity index (χ2n) is 7.53. The van der Waals surface area contributed by atoms with E-state index >= 15 is 0 Å². The predicted molar refractivity (Wildman–Crippen MR) is 120 cm³/mol. The molecule has 2 aromatic carbocycles. The van der Waals surface area contributed by atoms with Gasteiger partial charge in [-0.25, -0.2) is 0 Å². The number of ether oxygens (including phenoxy) is 2. The van der Waals surface area contributed by atoms with E-state index in [2.05, 4.69) is 6.07 Å². The maximum absolute atomic E-state index is 10.9. The smallest absolute Gasteiger partial charge is 0.317 e. The number of aliphatic carboxylic acids is 1. The van der Waals surface area contributed by atoms with Crippen LogP contribution < -0.4 is 9.47 Å². The van der Waals surface area contributed by atoms with Crippen LogP contribution in [0.2, 0.25) is 15.1 Å². The van der Waals surface area contributed by atoms with Crippen molar-refractivity contribution < 1.29 is 19.4 Å². The van der Waals surface area contributed by atoms with Gasteiger partial charge in [-0.15, -0.1) is 12.4 Å². The molecule has 5 nitrogen and oxygen atoms in total. The highest BCUT2D eigenvalue weighted by Gasteiger charge is 2.43. The summed E-state index contributed by atoms with van der Waals surface area (Å²) in [5, 5.41) is 10.4. The topological polar surface area (TPSA) is 59.0 Å². The van der Waals surface area contributed by atoms with Gasteiger partial charge in [0.15, 0.2) is 0 Å². The van der Waals surface area contributed by atoms with Crippen molar-refractivity contribution >= 4 is 53.2 Å². The minimum absolute atomic E-state index is 0.